The highest BCUT2D eigenvalue weighted by molar-refractivity contribution is 9.10. The molecular weight excluding hydrogens is 503 g/mol. The minimum absolute atomic E-state index is 0.0680. The van der Waals surface area contributed by atoms with Gasteiger partial charge in [-0.25, -0.2) is 0 Å². The number of ether oxygens (including phenoxy) is 1. The topological polar surface area (TPSA) is 82.3 Å². The highest BCUT2D eigenvalue weighted by Crippen LogP contribution is 2.29. The Bertz CT molecular complexity index is 1190. The fraction of sp³-hybridized carbons (Fsp3) is 0.0435. The number of nitrogens with one attached hydrogen (secondary N) is 1. The van der Waals surface area contributed by atoms with Gasteiger partial charge in [-0.3, -0.25) is 4.79 Å². The lowest BCUT2D eigenvalue weighted by Gasteiger charge is -2.10. The lowest BCUT2D eigenvalue weighted by molar-refractivity contribution is -0.112. The smallest absolute Gasteiger partial charge is 0.266 e. The molecule has 0 aliphatic carbocycles. The zero-order chi connectivity index (χ0) is 22.4. The van der Waals surface area contributed by atoms with Gasteiger partial charge in [0.1, 0.15) is 29.7 Å². The van der Waals surface area contributed by atoms with Crippen LogP contribution >= 0.6 is 39.1 Å². The van der Waals surface area contributed by atoms with Crippen molar-refractivity contribution in [3.05, 3.63) is 91.9 Å². The molecule has 0 radical (unpaired) electrons. The predicted molar refractivity (Wildman–Crippen MR) is 125 cm³/mol. The molecule has 0 unspecified atom stereocenters. The van der Waals surface area contributed by atoms with E-state index in [1.807, 2.05) is 6.07 Å². The molecule has 0 bridgehead atoms. The summed E-state index contributed by atoms with van der Waals surface area (Å²) in [4.78, 5) is 12.4. The van der Waals surface area contributed by atoms with Crippen molar-refractivity contribution in [3.63, 3.8) is 0 Å². The number of rotatable bonds is 6. The van der Waals surface area contributed by atoms with E-state index in [4.69, 9.17) is 27.9 Å². The second-order valence-electron chi connectivity index (χ2n) is 6.39. The van der Waals surface area contributed by atoms with E-state index in [1.54, 1.807) is 36.4 Å². The molecular formula is C23H15BrCl2N2O3. The maximum absolute atomic E-state index is 12.4. The Hall–Kier alpha value is -2.98. The van der Waals surface area contributed by atoms with Gasteiger partial charge in [-0.05, 0) is 76.1 Å². The molecule has 0 spiro atoms. The lowest BCUT2D eigenvalue weighted by atomic mass is 10.1. The van der Waals surface area contributed by atoms with E-state index in [-0.39, 0.29) is 17.9 Å². The number of carbonyl (C=O) groups excluding carboxylic acids is 1. The van der Waals surface area contributed by atoms with E-state index in [0.29, 0.717) is 31.5 Å². The molecule has 0 aliphatic heterocycles. The second kappa shape index (κ2) is 10.4. The van der Waals surface area contributed by atoms with Gasteiger partial charge in [0.25, 0.3) is 5.91 Å². The number of hydrogen-bond donors (Lipinski definition) is 2. The Balaban J connectivity index is 1.71. The fourth-order valence-corrected chi connectivity index (χ4v) is 3.55. The molecule has 0 aromatic heterocycles. The van der Waals surface area contributed by atoms with Crippen LogP contribution in [0.2, 0.25) is 10.0 Å². The highest BCUT2D eigenvalue weighted by atomic mass is 79.9. The summed E-state index contributed by atoms with van der Waals surface area (Å²) >= 11 is 15.5. The molecule has 0 saturated heterocycles. The number of hydrogen-bond acceptors (Lipinski definition) is 4. The number of halogens is 3. The third-order valence-electron chi connectivity index (χ3n) is 4.16. The number of carbonyl (C=O) groups is 1. The van der Waals surface area contributed by atoms with Crippen molar-refractivity contribution in [2.24, 2.45) is 0 Å². The first-order valence-corrected chi connectivity index (χ1v) is 10.5. The van der Waals surface area contributed by atoms with E-state index in [2.05, 4.69) is 21.2 Å². The fourth-order valence-electron chi connectivity index (χ4n) is 2.58. The van der Waals surface area contributed by atoms with Crippen LogP contribution in [0, 0.1) is 11.3 Å². The molecule has 2 N–H and O–H groups in total. The van der Waals surface area contributed by atoms with Crippen LogP contribution in [-0.4, -0.2) is 11.0 Å². The SMILES string of the molecule is N#C/C(=C\c1ccc(OCc2ccc(Cl)cc2Cl)c(Br)c1)C(=O)Nc1ccc(O)cc1. The molecule has 31 heavy (non-hydrogen) atoms. The number of amides is 1. The Morgan fingerprint density at radius 2 is 1.87 bits per heavy atom. The summed E-state index contributed by atoms with van der Waals surface area (Å²) in [5.74, 6) is 0.108. The highest BCUT2D eigenvalue weighted by Gasteiger charge is 2.11. The second-order valence-corrected chi connectivity index (χ2v) is 8.08. The summed E-state index contributed by atoms with van der Waals surface area (Å²) in [5, 5.41) is 22.4. The van der Waals surface area contributed by atoms with Crippen molar-refractivity contribution in [2.75, 3.05) is 5.32 Å². The Morgan fingerprint density at radius 1 is 1.13 bits per heavy atom. The van der Waals surface area contributed by atoms with E-state index in [0.717, 1.165) is 5.56 Å². The summed E-state index contributed by atoms with van der Waals surface area (Å²) in [5.41, 5.74) is 1.83. The summed E-state index contributed by atoms with van der Waals surface area (Å²) in [6, 6.07) is 18.2. The monoisotopic (exact) mass is 516 g/mol. The summed E-state index contributed by atoms with van der Waals surface area (Å²) < 4.78 is 6.46. The van der Waals surface area contributed by atoms with Gasteiger partial charge in [-0.2, -0.15) is 5.26 Å². The van der Waals surface area contributed by atoms with Gasteiger partial charge in [-0.1, -0.05) is 35.3 Å². The number of nitriles is 1. The minimum atomic E-state index is -0.554. The normalized spacial score (nSPS) is 11.0. The minimum Gasteiger partial charge on any atom is -0.508 e. The molecule has 1 amide bonds. The molecule has 0 heterocycles. The van der Waals surface area contributed by atoms with Crippen molar-refractivity contribution in [1.29, 1.82) is 5.26 Å². The Labute approximate surface area is 197 Å². The molecule has 0 fully saturated rings. The Morgan fingerprint density at radius 3 is 2.52 bits per heavy atom. The average molecular weight is 518 g/mol. The van der Waals surface area contributed by atoms with Crippen LogP contribution in [0.3, 0.4) is 0 Å². The molecule has 3 rings (SSSR count). The van der Waals surface area contributed by atoms with Crippen LogP contribution in [-0.2, 0) is 11.4 Å². The van der Waals surface area contributed by atoms with E-state index in [9.17, 15) is 15.2 Å². The molecule has 5 nitrogen and oxygen atoms in total. The van der Waals surface area contributed by atoms with Crippen molar-refractivity contribution >= 4 is 56.8 Å². The van der Waals surface area contributed by atoms with E-state index >= 15 is 0 Å². The molecule has 8 heteroatoms. The number of aromatic hydroxyl groups is 1. The number of phenolic OH excluding ortho intramolecular Hbond substituents is 1. The van der Waals surface area contributed by atoms with Crippen LogP contribution < -0.4 is 10.1 Å². The number of phenols is 1. The maximum Gasteiger partial charge on any atom is 0.266 e. The predicted octanol–water partition coefficient (Wildman–Crippen LogP) is 6.59. The van der Waals surface area contributed by atoms with Gasteiger partial charge in [0.15, 0.2) is 0 Å². The lowest BCUT2D eigenvalue weighted by Crippen LogP contribution is -2.13. The third-order valence-corrected chi connectivity index (χ3v) is 5.36. The van der Waals surface area contributed by atoms with Crippen LogP contribution in [0.15, 0.2) is 70.7 Å². The third kappa shape index (κ3) is 6.25. The standard InChI is InChI=1S/C23H15BrCl2N2O3/c24-20-10-14(1-8-22(20)31-13-15-2-3-17(25)11-21(15)26)9-16(12-27)23(30)28-18-4-6-19(29)7-5-18/h1-11,29H,13H2,(H,28,30)/b16-9+. The van der Waals surface area contributed by atoms with E-state index < -0.39 is 5.91 Å². The quantitative estimate of drug-likeness (QED) is 0.219. The molecule has 0 saturated carbocycles. The molecule has 0 aliphatic rings. The number of benzene rings is 3. The summed E-state index contributed by atoms with van der Waals surface area (Å²) in [6.07, 6.45) is 1.47. The van der Waals surface area contributed by atoms with Crippen molar-refractivity contribution in [3.8, 4) is 17.6 Å². The summed E-state index contributed by atoms with van der Waals surface area (Å²) in [7, 11) is 0. The van der Waals surface area contributed by atoms with E-state index in [1.165, 1.54) is 30.3 Å². The first-order chi connectivity index (χ1) is 14.9. The van der Waals surface area contributed by atoms with Crippen molar-refractivity contribution < 1.29 is 14.6 Å². The molecule has 156 valence electrons. The zero-order valence-electron chi connectivity index (χ0n) is 15.9. The molecule has 0 atom stereocenters. The van der Waals surface area contributed by atoms with Crippen LogP contribution in [0.25, 0.3) is 6.08 Å². The zero-order valence-corrected chi connectivity index (χ0v) is 19.0. The largest absolute Gasteiger partial charge is 0.508 e. The maximum atomic E-state index is 12.4. The molecule has 3 aromatic rings. The van der Waals surface area contributed by atoms with Gasteiger partial charge < -0.3 is 15.2 Å². The van der Waals surface area contributed by atoms with Crippen molar-refractivity contribution in [2.45, 2.75) is 6.61 Å². The van der Waals surface area contributed by atoms with Gasteiger partial charge in [-0.15, -0.1) is 0 Å². The summed E-state index contributed by atoms with van der Waals surface area (Å²) in [6.45, 7) is 0.252. The van der Waals surface area contributed by atoms with Crippen molar-refractivity contribution in [1.82, 2.24) is 0 Å². The average Bonchev–Trinajstić information content (AvgIpc) is 2.74. The van der Waals surface area contributed by atoms with Gasteiger partial charge in [0.05, 0.1) is 4.47 Å². The first-order valence-electron chi connectivity index (χ1n) is 8.94. The van der Waals surface area contributed by atoms with Gasteiger partial charge in [0, 0.05) is 21.3 Å². The van der Waals surface area contributed by atoms with Crippen LogP contribution in [0.5, 0.6) is 11.5 Å². The van der Waals surface area contributed by atoms with Gasteiger partial charge in [0.2, 0.25) is 0 Å². The first kappa shape index (κ1) is 22.7. The number of anilines is 1. The van der Waals surface area contributed by atoms with Crippen LogP contribution in [0.1, 0.15) is 11.1 Å². The van der Waals surface area contributed by atoms with Gasteiger partial charge >= 0.3 is 0 Å². The number of nitrogens with zero attached hydrogens (tertiary/aromatic N) is 1. The van der Waals surface area contributed by atoms with Crippen LogP contribution in [0.4, 0.5) is 5.69 Å². The molecule has 3 aromatic carbocycles. The Kier molecular flexibility index (Phi) is 7.59.